The first-order chi connectivity index (χ1) is 4.04. The summed E-state index contributed by atoms with van der Waals surface area (Å²) in [6.45, 7) is 4.01. The number of amides is 1. The van der Waals surface area contributed by atoms with Crippen LogP contribution < -0.4 is 41.0 Å². The van der Waals surface area contributed by atoms with Gasteiger partial charge in [-0.2, -0.15) is 0 Å². The molecule has 0 aromatic rings. The van der Waals surface area contributed by atoms with Gasteiger partial charge in [-0.25, -0.2) is 0 Å². The normalized spacial score (nSPS) is 12.4. The van der Waals surface area contributed by atoms with Crippen LogP contribution in [0.25, 0.3) is 0 Å². The number of carbonyl (C=O) groups excluding carboxylic acids is 1. The van der Waals surface area contributed by atoms with E-state index in [1.165, 1.54) is 0 Å². The molecule has 0 aliphatic heterocycles. The average molecular weight is 153 g/mol. The maximum Gasteiger partial charge on any atom is 1.00 e. The van der Waals surface area contributed by atoms with Crippen molar-refractivity contribution in [2.45, 2.75) is 26.3 Å². The van der Waals surface area contributed by atoms with Crippen LogP contribution in [0, 0.1) is 5.92 Å². The van der Waals surface area contributed by atoms with Gasteiger partial charge in [0.15, 0.2) is 0 Å². The Labute approximate surface area is 83.8 Å². The van der Waals surface area contributed by atoms with Gasteiger partial charge < -0.3 is 11.5 Å². The van der Waals surface area contributed by atoms with Crippen LogP contribution in [0.2, 0.25) is 0 Å². The predicted octanol–water partition coefficient (Wildman–Crippen LogP) is -3.15. The second-order valence-corrected chi connectivity index (χ2v) is 2.64. The number of rotatable bonds is 3. The molecule has 0 aliphatic rings. The van der Waals surface area contributed by atoms with Crippen LogP contribution in [-0.4, -0.2) is 11.9 Å². The first-order valence-electron chi connectivity index (χ1n) is 3.09. The Hall–Kier alpha value is 0.430. The van der Waals surface area contributed by atoms with E-state index in [-0.39, 0.29) is 29.6 Å². The van der Waals surface area contributed by atoms with Crippen molar-refractivity contribution in [3.05, 3.63) is 0 Å². The molecule has 0 bridgehead atoms. The molecule has 0 aliphatic carbocycles. The van der Waals surface area contributed by atoms with Crippen molar-refractivity contribution in [3.8, 4) is 0 Å². The van der Waals surface area contributed by atoms with Crippen molar-refractivity contribution in [1.29, 1.82) is 0 Å². The van der Waals surface area contributed by atoms with Gasteiger partial charge in [-0.3, -0.25) is 4.79 Å². The zero-order valence-corrected chi connectivity index (χ0v) is 8.92. The van der Waals surface area contributed by atoms with E-state index in [2.05, 4.69) is 0 Å². The maximum absolute atomic E-state index is 10.3. The van der Waals surface area contributed by atoms with Gasteiger partial charge in [0.1, 0.15) is 0 Å². The fourth-order valence-electron chi connectivity index (χ4n) is 0.624. The zero-order chi connectivity index (χ0) is 7.44. The largest absolute Gasteiger partial charge is 1.00 e. The summed E-state index contributed by atoms with van der Waals surface area (Å²) in [5, 5.41) is 0. The monoisotopic (exact) mass is 153 g/mol. The standard InChI is InChI=1S/C6H14N2O.Na/c1-4(2)3-5(7)6(8)9;/h4-5H,3,7H2,1-2H3,(H2,8,9);/q;+1. The van der Waals surface area contributed by atoms with Gasteiger partial charge in [0.2, 0.25) is 5.91 Å². The Kier molecular flexibility index (Phi) is 8.04. The minimum Gasteiger partial charge on any atom is -0.368 e. The summed E-state index contributed by atoms with van der Waals surface area (Å²) in [4.78, 5) is 10.3. The molecule has 3 nitrogen and oxygen atoms in total. The van der Waals surface area contributed by atoms with Gasteiger partial charge in [0, 0.05) is 0 Å². The molecule has 4 N–H and O–H groups in total. The van der Waals surface area contributed by atoms with Crippen LogP contribution in [0.3, 0.4) is 0 Å². The van der Waals surface area contributed by atoms with Crippen molar-refractivity contribution >= 4 is 5.91 Å². The van der Waals surface area contributed by atoms with Crippen molar-refractivity contribution in [1.82, 2.24) is 0 Å². The minimum atomic E-state index is -0.468. The van der Waals surface area contributed by atoms with Crippen molar-refractivity contribution in [3.63, 3.8) is 0 Å². The Balaban J connectivity index is 0. The van der Waals surface area contributed by atoms with Gasteiger partial charge in [0.05, 0.1) is 6.04 Å². The molecular formula is C6H14N2NaO+. The Bertz CT molecular complexity index is 106. The Morgan fingerprint density at radius 1 is 1.50 bits per heavy atom. The van der Waals surface area contributed by atoms with Crippen LogP contribution >= 0.6 is 0 Å². The van der Waals surface area contributed by atoms with E-state index in [1.807, 2.05) is 13.8 Å². The van der Waals surface area contributed by atoms with Crippen LogP contribution in [0.5, 0.6) is 0 Å². The van der Waals surface area contributed by atoms with E-state index < -0.39 is 11.9 Å². The number of hydrogen-bond donors (Lipinski definition) is 2. The molecule has 1 unspecified atom stereocenters. The molecule has 4 heteroatoms. The number of primary amides is 1. The van der Waals surface area contributed by atoms with Gasteiger partial charge >= 0.3 is 29.6 Å². The van der Waals surface area contributed by atoms with Gasteiger partial charge in [0.25, 0.3) is 0 Å². The van der Waals surface area contributed by atoms with Gasteiger partial charge in [-0.1, -0.05) is 13.8 Å². The van der Waals surface area contributed by atoms with Gasteiger partial charge in [-0.05, 0) is 12.3 Å². The molecule has 0 rings (SSSR count). The second-order valence-electron chi connectivity index (χ2n) is 2.64. The Morgan fingerprint density at radius 3 is 2.00 bits per heavy atom. The third-order valence-electron chi connectivity index (χ3n) is 1.09. The first kappa shape index (κ1) is 13.1. The molecule has 54 valence electrons. The minimum absolute atomic E-state index is 0. The fraction of sp³-hybridized carbons (Fsp3) is 0.833. The molecule has 0 radical (unpaired) electrons. The van der Waals surface area contributed by atoms with Crippen LogP contribution in [0.15, 0.2) is 0 Å². The second kappa shape index (κ2) is 6.16. The van der Waals surface area contributed by atoms with Crippen LogP contribution in [0.1, 0.15) is 20.3 Å². The summed E-state index contributed by atoms with van der Waals surface area (Å²) in [6, 6.07) is -0.468. The molecule has 0 heterocycles. The van der Waals surface area contributed by atoms with E-state index in [1.54, 1.807) is 0 Å². The van der Waals surface area contributed by atoms with Crippen molar-refractivity contribution in [2.75, 3.05) is 0 Å². The van der Waals surface area contributed by atoms with Crippen molar-refractivity contribution in [2.24, 2.45) is 17.4 Å². The summed E-state index contributed by atoms with van der Waals surface area (Å²) in [7, 11) is 0. The topological polar surface area (TPSA) is 69.1 Å². The molecule has 0 spiro atoms. The van der Waals surface area contributed by atoms with E-state index in [9.17, 15) is 4.79 Å². The third-order valence-corrected chi connectivity index (χ3v) is 1.09. The molecule has 0 aromatic heterocycles. The predicted molar refractivity (Wildman–Crippen MR) is 36.6 cm³/mol. The Morgan fingerprint density at radius 2 is 1.90 bits per heavy atom. The zero-order valence-electron chi connectivity index (χ0n) is 6.92. The number of nitrogens with two attached hydrogens (primary N) is 2. The molecule has 0 fully saturated rings. The smallest absolute Gasteiger partial charge is 0.368 e. The first-order valence-corrected chi connectivity index (χ1v) is 3.09. The molecule has 0 saturated carbocycles. The van der Waals surface area contributed by atoms with E-state index >= 15 is 0 Å². The summed E-state index contributed by atoms with van der Waals surface area (Å²) in [6.07, 6.45) is 0.676. The van der Waals surface area contributed by atoms with Crippen molar-refractivity contribution < 1.29 is 34.4 Å². The van der Waals surface area contributed by atoms with E-state index in [4.69, 9.17) is 11.5 Å². The SMILES string of the molecule is CC(C)CC(N)C(N)=O.[Na+]. The fourth-order valence-corrected chi connectivity index (χ4v) is 0.624. The molecule has 0 aromatic carbocycles. The van der Waals surface area contributed by atoms with Crippen LogP contribution in [-0.2, 0) is 4.79 Å². The summed E-state index contributed by atoms with van der Waals surface area (Å²) < 4.78 is 0. The summed E-state index contributed by atoms with van der Waals surface area (Å²) >= 11 is 0. The quantitative estimate of drug-likeness (QED) is 0.420. The van der Waals surface area contributed by atoms with Gasteiger partial charge in [-0.15, -0.1) is 0 Å². The number of carbonyl (C=O) groups is 1. The molecule has 1 atom stereocenters. The maximum atomic E-state index is 10.3. The molecule has 10 heavy (non-hydrogen) atoms. The van der Waals surface area contributed by atoms with E-state index in [0.29, 0.717) is 12.3 Å². The molecule has 0 saturated heterocycles. The number of hydrogen-bond acceptors (Lipinski definition) is 2. The molecule has 1 amide bonds. The molecular weight excluding hydrogens is 139 g/mol. The van der Waals surface area contributed by atoms with E-state index in [0.717, 1.165) is 0 Å². The van der Waals surface area contributed by atoms with Crippen LogP contribution in [0.4, 0.5) is 0 Å². The average Bonchev–Trinajstić information content (AvgIpc) is 1.63. The summed E-state index contributed by atoms with van der Waals surface area (Å²) in [5.41, 5.74) is 10.3. The third kappa shape index (κ3) is 6.55. The summed E-state index contributed by atoms with van der Waals surface area (Å²) in [5.74, 6) is 0.0243.